The van der Waals surface area contributed by atoms with Gasteiger partial charge < -0.3 is 15.4 Å². The van der Waals surface area contributed by atoms with Gasteiger partial charge in [-0.15, -0.1) is 0 Å². The molecule has 23 heavy (non-hydrogen) atoms. The highest BCUT2D eigenvalue weighted by Crippen LogP contribution is 2.08. The molecule has 0 spiro atoms. The van der Waals surface area contributed by atoms with E-state index in [1.807, 2.05) is 18.2 Å². The molecule has 0 bridgehead atoms. The third-order valence-electron chi connectivity index (χ3n) is 3.76. The average molecular weight is 309 g/mol. The fourth-order valence-electron chi connectivity index (χ4n) is 2.45. The van der Waals surface area contributed by atoms with Gasteiger partial charge >= 0.3 is 0 Å². The summed E-state index contributed by atoms with van der Waals surface area (Å²) in [5.74, 6) is 0.909. The highest BCUT2D eigenvalue weighted by Gasteiger charge is 2.03. The van der Waals surface area contributed by atoms with Crippen LogP contribution >= 0.6 is 0 Å². The van der Waals surface area contributed by atoms with Crippen LogP contribution in [0.5, 0.6) is 0 Å². The molecular formula is C19H23N3O. The first-order valence-electron chi connectivity index (χ1n) is 8.12. The Morgan fingerprint density at radius 3 is 2.30 bits per heavy atom. The van der Waals surface area contributed by atoms with Gasteiger partial charge in [-0.25, -0.2) is 0 Å². The van der Waals surface area contributed by atoms with Gasteiger partial charge in [-0.2, -0.15) is 0 Å². The van der Waals surface area contributed by atoms with E-state index in [9.17, 15) is 0 Å². The van der Waals surface area contributed by atoms with Crippen LogP contribution in [0, 0.1) is 0 Å². The molecule has 120 valence electrons. The summed E-state index contributed by atoms with van der Waals surface area (Å²) in [5.41, 5.74) is 3.64. The molecular weight excluding hydrogens is 286 g/mol. The van der Waals surface area contributed by atoms with Crippen molar-refractivity contribution >= 4 is 5.96 Å². The van der Waals surface area contributed by atoms with Crippen LogP contribution in [-0.2, 0) is 24.5 Å². The fourth-order valence-corrected chi connectivity index (χ4v) is 2.45. The fraction of sp³-hybridized carbons (Fsp3) is 0.316. The zero-order valence-corrected chi connectivity index (χ0v) is 13.3. The molecule has 1 aliphatic rings. The normalized spacial score (nSPS) is 14.0. The molecule has 2 aromatic carbocycles. The SMILES string of the molecule is c1ccc(COCc2ccc(CNC3=NCCCN3)cc2)cc1. The van der Waals surface area contributed by atoms with Crippen molar-refractivity contribution in [3.8, 4) is 0 Å². The summed E-state index contributed by atoms with van der Waals surface area (Å²) in [5, 5.41) is 6.59. The molecule has 0 saturated carbocycles. The van der Waals surface area contributed by atoms with Gasteiger partial charge in [0.25, 0.3) is 0 Å². The lowest BCUT2D eigenvalue weighted by Gasteiger charge is -2.16. The van der Waals surface area contributed by atoms with Crippen molar-refractivity contribution in [2.24, 2.45) is 4.99 Å². The number of hydrogen-bond donors (Lipinski definition) is 2. The molecule has 4 heteroatoms. The first kappa shape index (κ1) is 15.6. The molecule has 1 aliphatic heterocycles. The number of nitrogens with zero attached hydrogens (tertiary/aromatic N) is 1. The van der Waals surface area contributed by atoms with E-state index in [4.69, 9.17) is 4.74 Å². The third-order valence-corrected chi connectivity index (χ3v) is 3.76. The van der Waals surface area contributed by atoms with E-state index >= 15 is 0 Å². The smallest absolute Gasteiger partial charge is 0.191 e. The van der Waals surface area contributed by atoms with Crippen molar-refractivity contribution < 1.29 is 4.74 Å². The summed E-state index contributed by atoms with van der Waals surface area (Å²) in [7, 11) is 0. The second kappa shape index (κ2) is 8.34. The second-order valence-electron chi connectivity index (χ2n) is 5.66. The summed E-state index contributed by atoms with van der Waals surface area (Å²) >= 11 is 0. The topological polar surface area (TPSA) is 45.6 Å². The number of nitrogens with one attached hydrogen (secondary N) is 2. The molecule has 0 aromatic heterocycles. The molecule has 2 N–H and O–H groups in total. The van der Waals surface area contributed by atoms with Gasteiger partial charge in [0, 0.05) is 19.6 Å². The highest BCUT2D eigenvalue weighted by atomic mass is 16.5. The molecule has 0 atom stereocenters. The number of benzene rings is 2. The second-order valence-corrected chi connectivity index (χ2v) is 5.66. The Labute approximate surface area is 137 Å². The van der Waals surface area contributed by atoms with Crippen LogP contribution in [0.1, 0.15) is 23.1 Å². The Morgan fingerprint density at radius 2 is 1.61 bits per heavy atom. The molecule has 2 aromatic rings. The number of ether oxygens (including phenoxy) is 1. The minimum absolute atomic E-state index is 0.636. The van der Waals surface area contributed by atoms with Gasteiger partial charge in [-0.1, -0.05) is 54.6 Å². The molecule has 0 radical (unpaired) electrons. The molecule has 3 rings (SSSR count). The number of rotatable bonds is 6. The predicted molar refractivity (Wildman–Crippen MR) is 93.1 cm³/mol. The summed E-state index contributed by atoms with van der Waals surface area (Å²) in [6.07, 6.45) is 1.11. The van der Waals surface area contributed by atoms with E-state index in [0.717, 1.165) is 32.0 Å². The largest absolute Gasteiger partial charge is 0.372 e. The monoisotopic (exact) mass is 309 g/mol. The van der Waals surface area contributed by atoms with E-state index < -0.39 is 0 Å². The lowest BCUT2D eigenvalue weighted by molar-refractivity contribution is 0.107. The van der Waals surface area contributed by atoms with Crippen LogP contribution in [0.25, 0.3) is 0 Å². The molecule has 1 heterocycles. The van der Waals surface area contributed by atoms with Crippen LogP contribution in [0.3, 0.4) is 0 Å². The molecule has 0 amide bonds. The van der Waals surface area contributed by atoms with Crippen molar-refractivity contribution in [2.45, 2.75) is 26.2 Å². The number of aliphatic imine (C=N–C) groups is 1. The number of hydrogen-bond acceptors (Lipinski definition) is 4. The first-order chi connectivity index (χ1) is 11.4. The van der Waals surface area contributed by atoms with Gasteiger partial charge in [0.1, 0.15) is 0 Å². The Bertz CT molecular complexity index is 623. The summed E-state index contributed by atoms with van der Waals surface area (Å²) < 4.78 is 5.76. The van der Waals surface area contributed by atoms with E-state index in [1.54, 1.807) is 0 Å². The van der Waals surface area contributed by atoms with Crippen molar-refractivity contribution in [3.63, 3.8) is 0 Å². The van der Waals surface area contributed by atoms with Crippen molar-refractivity contribution in [2.75, 3.05) is 13.1 Å². The average Bonchev–Trinajstić information content (AvgIpc) is 2.63. The van der Waals surface area contributed by atoms with Crippen molar-refractivity contribution in [1.29, 1.82) is 0 Å². The van der Waals surface area contributed by atoms with Crippen LogP contribution in [0.15, 0.2) is 59.6 Å². The third kappa shape index (κ3) is 5.11. The maximum absolute atomic E-state index is 5.76. The quantitative estimate of drug-likeness (QED) is 0.862. The van der Waals surface area contributed by atoms with E-state index in [2.05, 4.69) is 52.0 Å². The summed E-state index contributed by atoms with van der Waals surface area (Å²) in [6.45, 7) is 3.99. The van der Waals surface area contributed by atoms with Crippen LogP contribution in [-0.4, -0.2) is 19.0 Å². The van der Waals surface area contributed by atoms with Crippen molar-refractivity contribution in [3.05, 3.63) is 71.3 Å². The highest BCUT2D eigenvalue weighted by molar-refractivity contribution is 5.80. The molecule has 4 nitrogen and oxygen atoms in total. The summed E-state index contributed by atoms with van der Waals surface area (Å²) in [4.78, 5) is 4.41. The maximum Gasteiger partial charge on any atom is 0.191 e. The van der Waals surface area contributed by atoms with Gasteiger partial charge in [0.05, 0.1) is 13.2 Å². The Kier molecular flexibility index (Phi) is 5.64. The molecule has 0 fully saturated rings. The van der Waals surface area contributed by atoms with E-state index in [1.165, 1.54) is 16.7 Å². The van der Waals surface area contributed by atoms with E-state index in [0.29, 0.717) is 13.2 Å². The Hall–Kier alpha value is -2.33. The zero-order chi connectivity index (χ0) is 15.7. The van der Waals surface area contributed by atoms with E-state index in [-0.39, 0.29) is 0 Å². The minimum atomic E-state index is 0.636. The minimum Gasteiger partial charge on any atom is -0.372 e. The first-order valence-corrected chi connectivity index (χ1v) is 8.12. The lowest BCUT2D eigenvalue weighted by Crippen LogP contribution is -2.40. The zero-order valence-electron chi connectivity index (χ0n) is 13.3. The standard InChI is InChI=1S/C19H23N3O/c1-2-5-17(6-3-1)14-23-15-18-9-7-16(8-10-18)13-22-19-20-11-4-12-21-19/h1-3,5-10H,4,11-15H2,(H2,20,21,22). The van der Waals surface area contributed by atoms with Crippen LogP contribution in [0.4, 0.5) is 0 Å². The number of guanidine groups is 1. The molecule has 0 unspecified atom stereocenters. The lowest BCUT2D eigenvalue weighted by atomic mass is 10.1. The van der Waals surface area contributed by atoms with Gasteiger partial charge in [0.15, 0.2) is 5.96 Å². The maximum atomic E-state index is 5.76. The van der Waals surface area contributed by atoms with Crippen molar-refractivity contribution in [1.82, 2.24) is 10.6 Å². The Balaban J connectivity index is 1.42. The molecule has 0 aliphatic carbocycles. The summed E-state index contributed by atoms with van der Waals surface area (Å²) in [6, 6.07) is 18.8. The van der Waals surface area contributed by atoms with Gasteiger partial charge in [-0.05, 0) is 23.1 Å². The van der Waals surface area contributed by atoms with Gasteiger partial charge in [0.2, 0.25) is 0 Å². The van der Waals surface area contributed by atoms with Crippen LogP contribution in [0.2, 0.25) is 0 Å². The van der Waals surface area contributed by atoms with Crippen LogP contribution < -0.4 is 10.6 Å². The van der Waals surface area contributed by atoms with Gasteiger partial charge in [-0.3, -0.25) is 4.99 Å². The Morgan fingerprint density at radius 1 is 0.913 bits per heavy atom. The molecule has 0 saturated heterocycles. The predicted octanol–water partition coefficient (Wildman–Crippen LogP) is 2.84.